The van der Waals surface area contributed by atoms with Gasteiger partial charge in [-0.15, -0.1) is 11.3 Å². The van der Waals surface area contributed by atoms with Gasteiger partial charge in [0.25, 0.3) is 0 Å². The normalized spacial score (nSPS) is 12.4. The SMILES string of the molecule is CCOC(=O)C(C)CNCc1cccs1. The number of carbonyl (C=O) groups is 1. The van der Waals surface area contributed by atoms with Crippen LogP contribution in [0.3, 0.4) is 0 Å². The highest BCUT2D eigenvalue weighted by Gasteiger charge is 2.12. The Morgan fingerprint density at radius 2 is 2.47 bits per heavy atom. The third kappa shape index (κ3) is 4.44. The standard InChI is InChI=1S/C11H17NO2S/c1-3-14-11(13)9(2)7-12-8-10-5-4-6-15-10/h4-6,9,12H,3,7-8H2,1-2H3. The summed E-state index contributed by atoms with van der Waals surface area (Å²) in [5.41, 5.74) is 0. The molecular weight excluding hydrogens is 210 g/mol. The molecule has 4 heteroatoms. The minimum Gasteiger partial charge on any atom is -0.466 e. The second kappa shape index (κ2) is 6.58. The molecule has 15 heavy (non-hydrogen) atoms. The first kappa shape index (κ1) is 12.2. The number of nitrogens with one attached hydrogen (secondary N) is 1. The van der Waals surface area contributed by atoms with Gasteiger partial charge in [-0.2, -0.15) is 0 Å². The van der Waals surface area contributed by atoms with Crippen LogP contribution >= 0.6 is 11.3 Å². The number of thiophene rings is 1. The molecule has 0 bridgehead atoms. The summed E-state index contributed by atoms with van der Waals surface area (Å²) < 4.78 is 4.92. The molecule has 1 rings (SSSR count). The van der Waals surface area contributed by atoms with E-state index >= 15 is 0 Å². The fourth-order valence-corrected chi connectivity index (χ4v) is 1.87. The fraction of sp³-hybridized carbons (Fsp3) is 0.545. The highest BCUT2D eigenvalue weighted by Crippen LogP contribution is 2.07. The number of esters is 1. The van der Waals surface area contributed by atoms with Gasteiger partial charge in [0.05, 0.1) is 12.5 Å². The van der Waals surface area contributed by atoms with Crippen LogP contribution in [-0.4, -0.2) is 19.1 Å². The Labute approximate surface area is 94.5 Å². The summed E-state index contributed by atoms with van der Waals surface area (Å²) >= 11 is 1.71. The zero-order valence-electron chi connectivity index (χ0n) is 9.16. The van der Waals surface area contributed by atoms with E-state index in [1.165, 1.54) is 4.88 Å². The fourth-order valence-electron chi connectivity index (χ4n) is 1.19. The first-order chi connectivity index (χ1) is 7.24. The van der Waals surface area contributed by atoms with E-state index in [1.54, 1.807) is 11.3 Å². The Balaban J connectivity index is 2.17. The quantitative estimate of drug-likeness (QED) is 0.756. The van der Waals surface area contributed by atoms with Gasteiger partial charge in [-0.1, -0.05) is 13.0 Å². The molecule has 1 unspecified atom stereocenters. The summed E-state index contributed by atoms with van der Waals surface area (Å²) in [6.45, 7) is 5.63. The molecule has 0 radical (unpaired) electrons. The smallest absolute Gasteiger partial charge is 0.309 e. The molecule has 0 aliphatic rings. The number of rotatable bonds is 6. The molecule has 1 atom stereocenters. The Morgan fingerprint density at radius 3 is 3.07 bits per heavy atom. The van der Waals surface area contributed by atoms with Gasteiger partial charge >= 0.3 is 5.97 Å². The molecule has 0 aliphatic heterocycles. The number of ether oxygens (including phenoxy) is 1. The van der Waals surface area contributed by atoms with Crippen LogP contribution < -0.4 is 5.32 Å². The molecule has 0 spiro atoms. The van der Waals surface area contributed by atoms with Crippen LogP contribution in [0.4, 0.5) is 0 Å². The Kier molecular flexibility index (Phi) is 5.36. The summed E-state index contributed by atoms with van der Waals surface area (Å²) in [5, 5.41) is 5.28. The predicted octanol–water partition coefficient (Wildman–Crippen LogP) is 2.04. The minimum absolute atomic E-state index is 0.0788. The van der Waals surface area contributed by atoms with Crippen molar-refractivity contribution >= 4 is 17.3 Å². The summed E-state index contributed by atoms with van der Waals surface area (Å²) in [4.78, 5) is 12.6. The second-order valence-electron chi connectivity index (χ2n) is 3.36. The Bertz CT molecular complexity index is 285. The average Bonchev–Trinajstić information content (AvgIpc) is 2.71. The van der Waals surface area contributed by atoms with E-state index in [1.807, 2.05) is 25.3 Å². The summed E-state index contributed by atoms with van der Waals surface area (Å²) in [6, 6.07) is 4.10. The molecule has 0 saturated heterocycles. The number of carbonyl (C=O) groups excluding carboxylic acids is 1. The minimum atomic E-state index is -0.129. The lowest BCUT2D eigenvalue weighted by Gasteiger charge is -2.10. The largest absolute Gasteiger partial charge is 0.466 e. The van der Waals surface area contributed by atoms with E-state index < -0.39 is 0 Å². The molecule has 0 aromatic carbocycles. The molecule has 0 amide bonds. The molecule has 3 nitrogen and oxygen atoms in total. The molecule has 0 saturated carbocycles. The van der Waals surface area contributed by atoms with Crippen molar-refractivity contribution in [3.8, 4) is 0 Å². The third-order valence-electron chi connectivity index (χ3n) is 2.02. The maximum atomic E-state index is 11.3. The van der Waals surface area contributed by atoms with Gasteiger partial charge in [-0.3, -0.25) is 4.79 Å². The Morgan fingerprint density at radius 1 is 1.67 bits per heavy atom. The van der Waals surface area contributed by atoms with Crippen LogP contribution in [0.1, 0.15) is 18.7 Å². The second-order valence-corrected chi connectivity index (χ2v) is 4.40. The molecule has 1 aromatic rings. The van der Waals surface area contributed by atoms with E-state index in [0.717, 1.165) is 6.54 Å². The zero-order chi connectivity index (χ0) is 11.1. The molecule has 0 fully saturated rings. The van der Waals surface area contributed by atoms with Crippen molar-refractivity contribution in [3.05, 3.63) is 22.4 Å². The van der Waals surface area contributed by atoms with Crippen LogP contribution in [0.5, 0.6) is 0 Å². The van der Waals surface area contributed by atoms with Crippen LogP contribution in [0.15, 0.2) is 17.5 Å². The molecular formula is C11H17NO2S. The van der Waals surface area contributed by atoms with Gasteiger partial charge < -0.3 is 10.1 Å². The van der Waals surface area contributed by atoms with Gasteiger partial charge in [0, 0.05) is 18.0 Å². The van der Waals surface area contributed by atoms with Crippen LogP contribution in [0, 0.1) is 5.92 Å². The van der Waals surface area contributed by atoms with Gasteiger partial charge in [-0.25, -0.2) is 0 Å². The van der Waals surface area contributed by atoms with Crippen molar-refractivity contribution < 1.29 is 9.53 Å². The highest BCUT2D eigenvalue weighted by atomic mass is 32.1. The molecule has 1 aromatic heterocycles. The summed E-state index contributed by atoms with van der Waals surface area (Å²) in [7, 11) is 0. The van der Waals surface area contributed by atoms with Gasteiger partial charge in [0.1, 0.15) is 0 Å². The van der Waals surface area contributed by atoms with Crippen LogP contribution in [0.25, 0.3) is 0 Å². The van der Waals surface area contributed by atoms with E-state index in [9.17, 15) is 4.79 Å². The lowest BCUT2D eigenvalue weighted by Crippen LogP contribution is -2.27. The average molecular weight is 227 g/mol. The summed E-state index contributed by atoms with van der Waals surface area (Å²) in [5.74, 6) is -0.207. The van der Waals surface area contributed by atoms with E-state index in [0.29, 0.717) is 13.2 Å². The molecule has 84 valence electrons. The maximum absolute atomic E-state index is 11.3. The lowest BCUT2D eigenvalue weighted by molar-refractivity contribution is -0.147. The monoisotopic (exact) mass is 227 g/mol. The van der Waals surface area contributed by atoms with E-state index in [2.05, 4.69) is 11.4 Å². The number of hydrogen-bond donors (Lipinski definition) is 1. The van der Waals surface area contributed by atoms with Gasteiger partial charge in [0.15, 0.2) is 0 Å². The van der Waals surface area contributed by atoms with Crippen molar-refractivity contribution in [3.63, 3.8) is 0 Å². The van der Waals surface area contributed by atoms with Crippen LogP contribution in [-0.2, 0) is 16.1 Å². The van der Waals surface area contributed by atoms with Crippen molar-refractivity contribution in [1.29, 1.82) is 0 Å². The maximum Gasteiger partial charge on any atom is 0.309 e. The summed E-state index contributed by atoms with van der Waals surface area (Å²) in [6.07, 6.45) is 0. The zero-order valence-corrected chi connectivity index (χ0v) is 9.97. The first-order valence-corrected chi connectivity index (χ1v) is 6.01. The predicted molar refractivity (Wildman–Crippen MR) is 61.8 cm³/mol. The van der Waals surface area contributed by atoms with Crippen molar-refractivity contribution in [2.45, 2.75) is 20.4 Å². The molecule has 0 aliphatic carbocycles. The van der Waals surface area contributed by atoms with Crippen molar-refractivity contribution in [1.82, 2.24) is 5.32 Å². The van der Waals surface area contributed by atoms with Gasteiger partial charge in [-0.05, 0) is 18.4 Å². The third-order valence-corrected chi connectivity index (χ3v) is 2.90. The number of hydrogen-bond acceptors (Lipinski definition) is 4. The first-order valence-electron chi connectivity index (χ1n) is 5.13. The Hall–Kier alpha value is -0.870. The topological polar surface area (TPSA) is 38.3 Å². The van der Waals surface area contributed by atoms with Crippen LogP contribution in [0.2, 0.25) is 0 Å². The van der Waals surface area contributed by atoms with Gasteiger partial charge in [0.2, 0.25) is 0 Å². The van der Waals surface area contributed by atoms with E-state index in [4.69, 9.17) is 4.74 Å². The lowest BCUT2D eigenvalue weighted by atomic mass is 10.2. The van der Waals surface area contributed by atoms with Crippen molar-refractivity contribution in [2.75, 3.05) is 13.2 Å². The van der Waals surface area contributed by atoms with E-state index in [-0.39, 0.29) is 11.9 Å². The molecule has 1 heterocycles. The highest BCUT2D eigenvalue weighted by molar-refractivity contribution is 7.09. The van der Waals surface area contributed by atoms with Crippen molar-refractivity contribution in [2.24, 2.45) is 5.92 Å². The molecule has 1 N–H and O–H groups in total.